The minimum absolute atomic E-state index is 0.330. The number of piperidine rings is 1. The van der Waals surface area contributed by atoms with Gasteiger partial charge in [-0.25, -0.2) is 0 Å². The maximum absolute atomic E-state index is 12.8. The molecule has 0 radical (unpaired) electrons. The predicted molar refractivity (Wildman–Crippen MR) is 135 cm³/mol. The van der Waals surface area contributed by atoms with Gasteiger partial charge in [0.1, 0.15) is 11.6 Å². The van der Waals surface area contributed by atoms with Crippen molar-refractivity contribution < 1.29 is 4.79 Å². The first-order valence-electron chi connectivity index (χ1n) is 13.5. The molecule has 0 aliphatic carbocycles. The zero-order valence-corrected chi connectivity index (χ0v) is 21.4. The van der Waals surface area contributed by atoms with Crippen LogP contribution in [0.5, 0.6) is 0 Å². The minimum Gasteiger partial charge on any atom is -0.342 e. The molecule has 0 N–H and O–H groups in total. The quantitative estimate of drug-likeness (QED) is 0.585. The number of fused-ring (bicyclic) bond motifs is 2. The van der Waals surface area contributed by atoms with Crippen LogP contribution in [0.1, 0.15) is 94.4 Å². The van der Waals surface area contributed by atoms with Gasteiger partial charge in [-0.15, -0.1) is 10.2 Å². The van der Waals surface area contributed by atoms with Crippen molar-refractivity contribution in [3.63, 3.8) is 0 Å². The highest BCUT2D eigenvalue weighted by Gasteiger charge is 2.45. The SMILES string of the molecule is CCCC(=O)N1C[C@H](CN2[C@@H]3CC[C@H]2CC(n2c(C)nnc2C(C)C)C3)[C@@H](c2ccccc2)C1. The molecule has 6 nitrogen and oxygen atoms in total. The second kappa shape index (κ2) is 9.80. The average molecular weight is 464 g/mol. The first kappa shape index (κ1) is 23.5. The van der Waals surface area contributed by atoms with E-state index < -0.39 is 0 Å². The zero-order valence-electron chi connectivity index (χ0n) is 21.4. The summed E-state index contributed by atoms with van der Waals surface area (Å²) in [6, 6.07) is 12.7. The second-order valence-electron chi connectivity index (χ2n) is 11.2. The van der Waals surface area contributed by atoms with E-state index in [1.54, 1.807) is 0 Å². The van der Waals surface area contributed by atoms with E-state index in [2.05, 4.69) is 82.6 Å². The van der Waals surface area contributed by atoms with Crippen LogP contribution >= 0.6 is 0 Å². The monoisotopic (exact) mass is 463 g/mol. The molecule has 3 fully saturated rings. The van der Waals surface area contributed by atoms with Gasteiger partial charge in [-0.2, -0.15) is 0 Å². The molecule has 5 rings (SSSR count). The molecular formula is C28H41N5O. The average Bonchev–Trinajstić information content (AvgIpc) is 3.49. The number of benzene rings is 1. The van der Waals surface area contributed by atoms with E-state index in [0.717, 1.165) is 37.7 Å². The molecule has 1 aromatic carbocycles. The van der Waals surface area contributed by atoms with Crippen LogP contribution in [-0.4, -0.2) is 62.2 Å². The van der Waals surface area contributed by atoms with Crippen LogP contribution < -0.4 is 0 Å². The Hall–Kier alpha value is -2.21. The summed E-state index contributed by atoms with van der Waals surface area (Å²) in [6.45, 7) is 11.5. The highest BCUT2D eigenvalue weighted by Crippen LogP contribution is 2.44. The molecule has 34 heavy (non-hydrogen) atoms. The standard InChI is InChI=1S/C28H41N5O/c1-5-9-27(34)31-16-22(26(18-31)21-10-7-6-8-11-21)17-32-23-12-13-24(32)15-25(14-23)33-20(4)29-30-28(33)19(2)3/h6-8,10-11,19,22-26H,5,9,12-18H2,1-4H3/t22-,23-,24+,25?,26-/m1/s1. The van der Waals surface area contributed by atoms with Crippen LogP contribution in [0.15, 0.2) is 30.3 Å². The summed E-state index contributed by atoms with van der Waals surface area (Å²) in [5.41, 5.74) is 1.39. The number of aromatic nitrogens is 3. The van der Waals surface area contributed by atoms with Gasteiger partial charge in [0.15, 0.2) is 0 Å². The summed E-state index contributed by atoms with van der Waals surface area (Å²) in [6.07, 6.45) is 6.56. The first-order valence-corrected chi connectivity index (χ1v) is 13.5. The Balaban J connectivity index is 1.33. The Bertz CT molecular complexity index is 972. The van der Waals surface area contributed by atoms with Gasteiger partial charge in [-0.3, -0.25) is 9.69 Å². The minimum atomic E-state index is 0.330. The van der Waals surface area contributed by atoms with Crippen molar-refractivity contribution in [2.45, 2.75) is 96.2 Å². The third kappa shape index (κ3) is 4.41. The Labute approximate surface area is 204 Å². The summed E-state index contributed by atoms with van der Waals surface area (Å²) in [5.74, 6) is 3.87. The normalized spacial score (nSPS) is 29.3. The summed E-state index contributed by atoms with van der Waals surface area (Å²) < 4.78 is 2.45. The van der Waals surface area contributed by atoms with Gasteiger partial charge < -0.3 is 9.47 Å². The lowest BCUT2D eigenvalue weighted by Crippen LogP contribution is -2.47. The van der Waals surface area contributed by atoms with Crippen LogP contribution in [0, 0.1) is 12.8 Å². The van der Waals surface area contributed by atoms with E-state index in [1.807, 2.05) is 0 Å². The molecule has 0 saturated carbocycles. The van der Waals surface area contributed by atoms with Crippen molar-refractivity contribution in [3.8, 4) is 0 Å². The van der Waals surface area contributed by atoms with Gasteiger partial charge in [-0.05, 0) is 50.5 Å². The lowest BCUT2D eigenvalue weighted by atomic mass is 9.87. The molecule has 1 aromatic heterocycles. The number of hydrogen-bond acceptors (Lipinski definition) is 4. The largest absolute Gasteiger partial charge is 0.342 e. The van der Waals surface area contributed by atoms with E-state index in [-0.39, 0.29) is 0 Å². The molecule has 0 spiro atoms. The molecule has 3 aliphatic heterocycles. The number of rotatable bonds is 7. The van der Waals surface area contributed by atoms with Crippen molar-refractivity contribution in [2.24, 2.45) is 5.92 Å². The predicted octanol–water partition coefficient (Wildman–Crippen LogP) is 4.92. The molecule has 1 unspecified atom stereocenters. The van der Waals surface area contributed by atoms with Gasteiger partial charge in [-0.1, -0.05) is 51.1 Å². The molecule has 6 heteroatoms. The van der Waals surface area contributed by atoms with Crippen LogP contribution in [-0.2, 0) is 4.79 Å². The van der Waals surface area contributed by atoms with Gasteiger partial charge in [0.2, 0.25) is 5.91 Å². The van der Waals surface area contributed by atoms with Gasteiger partial charge >= 0.3 is 0 Å². The molecule has 184 valence electrons. The highest BCUT2D eigenvalue weighted by molar-refractivity contribution is 5.76. The fourth-order valence-corrected chi connectivity index (χ4v) is 6.97. The van der Waals surface area contributed by atoms with Crippen molar-refractivity contribution in [1.29, 1.82) is 0 Å². The molecule has 1 amide bonds. The van der Waals surface area contributed by atoms with Crippen LogP contribution in [0.3, 0.4) is 0 Å². The Morgan fingerprint density at radius 3 is 2.38 bits per heavy atom. The molecule has 4 heterocycles. The maximum atomic E-state index is 12.8. The number of amides is 1. The summed E-state index contributed by atoms with van der Waals surface area (Å²) >= 11 is 0. The number of hydrogen-bond donors (Lipinski definition) is 0. The van der Waals surface area contributed by atoms with Crippen molar-refractivity contribution in [1.82, 2.24) is 24.6 Å². The van der Waals surface area contributed by atoms with Crippen molar-refractivity contribution in [2.75, 3.05) is 19.6 Å². The molecule has 2 bridgehead atoms. The molecular weight excluding hydrogens is 422 g/mol. The van der Waals surface area contributed by atoms with Crippen LogP contribution in [0.4, 0.5) is 0 Å². The van der Waals surface area contributed by atoms with Crippen LogP contribution in [0.2, 0.25) is 0 Å². The van der Waals surface area contributed by atoms with Crippen molar-refractivity contribution in [3.05, 3.63) is 47.5 Å². The summed E-state index contributed by atoms with van der Waals surface area (Å²) in [4.78, 5) is 17.8. The lowest BCUT2D eigenvalue weighted by molar-refractivity contribution is -0.130. The number of nitrogens with zero attached hydrogens (tertiary/aromatic N) is 5. The van der Waals surface area contributed by atoms with Gasteiger partial charge in [0.05, 0.1) is 0 Å². The smallest absolute Gasteiger partial charge is 0.222 e. The fraction of sp³-hybridized carbons (Fsp3) is 0.679. The van der Waals surface area contributed by atoms with Gasteiger partial charge in [0, 0.05) is 56.0 Å². The van der Waals surface area contributed by atoms with E-state index in [4.69, 9.17) is 0 Å². The summed E-state index contributed by atoms with van der Waals surface area (Å²) in [5, 5.41) is 8.94. The zero-order chi connectivity index (χ0) is 23.8. The van der Waals surface area contributed by atoms with E-state index in [1.165, 1.54) is 31.2 Å². The Kier molecular flexibility index (Phi) is 6.79. The maximum Gasteiger partial charge on any atom is 0.222 e. The van der Waals surface area contributed by atoms with E-state index >= 15 is 0 Å². The third-order valence-corrected chi connectivity index (χ3v) is 8.56. The topological polar surface area (TPSA) is 54.3 Å². The summed E-state index contributed by atoms with van der Waals surface area (Å²) in [7, 11) is 0. The molecule has 2 aromatic rings. The number of carbonyl (C=O) groups excluding carboxylic acids is 1. The number of aryl methyl sites for hydroxylation is 1. The molecule has 3 saturated heterocycles. The first-order chi connectivity index (χ1) is 16.5. The molecule has 3 aliphatic rings. The number of carbonyl (C=O) groups is 1. The number of likely N-dealkylation sites (tertiary alicyclic amines) is 1. The third-order valence-electron chi connectivity index (χ3n) is 8.56. The van der Waals surface area contributed by atoms with E-state index in [0.29, 0.717) is 48.2 Å². The Morgan fingerprint density at radius 2 is 1.74 bits per heavy atom. The second-order valence-corrected chi connectivity index (χ2v) is 11.2. The lowest BCUT2D eigenvalue weighted by Gasteiger charge is -2.41. The highest BCUT2D eigenvalue weighted by atomic mass is 16.2. The van der Waals surface area contributed by atoms with Crippen molar-refractivity contribution >= 4 is 5.91 Å². The Morgan fingerprint density at radius 1 is 1.03 bits per heavy atom. The van der Waals surface area contributed by atoms with E-state index in [9.17, 15) is 4.79 Å². The van der Waals surface area contributed by atoms with Crippen LogP contribution in [0.25, 0.3) is 0 Å². The molecule has 5 atom stereocenters. The van der Waals surface area contributed by atoms with Gasteiger partial charge in [0.25, 0.3) is 0 Å². The fourth-order valence-electron chi connectivity index (χ4n) is 6.97.